The van der Waals surface area contributed by atoms with Gasteiger partial charge in [-0.25, -0.2) is 9.78 Å². The van der Waals surface area contributed by atoms with Crippen LogP contribution in [-0.4, -0.2) is 57.2 Å². The number of nitriles is 1. The normalized spacial score (nSPS) is 16.6. The number of piperidine rings is 1. The van der Waals surface area contributed by atoms with Crippen LogP contribution in [0.3, 0.4) is 0 Å². The van der Waals surface area contributed by atoms with Gasteiger partial charge in [0.25, 0.3) is 0 Å². The van der Waals surface area contributed by atoms with E-state index in [1.807, 2.05) is 34.7 Å². The molecule has 9 nitrogen and oxygen atoms in total. The molecule has 5 rings (SSSR count). The zero-order chi connectivity index (χ0) is 26.6. The van der Waals surface area contributed by atoms with Crippen LogP contribution >= 0.6 is 0 Å². The maximum Gasteiger partial charge on any atom is 0.405 e. The first-order chi connectivity index (χ1) is 18.4. The van der Waals surface area contributed by atoms with E-state index < -0.39 is 12.1 Å². The Hall–Kier alpha value is -4.42. The molecule has 4 heterocycles. The zero-order valence-corrected chi connectivity index (χ0v) is 21.5. The van der Waals surface area contributed by atoms with Gasteiger partial charge in [0.05, 0.1) is 48.2 Å². The Morgan fingerprint density at radius 1 is 1.24 bits per heavy atom. The van der Waals surface area contributed by atoms with E-state index in [4.69, 9.17) is 9.84 Å². The number of amides is 1. The number of pyridine rings is 2. The van der Waals surface area contributed by atoms with Crippen LogP contribution in [0.5, 0.6) is 5.75 Å². The van der Waals surface area contributed by atoms with E-state index in [0.717, 1.165) is 53.2 Å². The number of fused-ring (bicyclic) bond motifs is 1. The molecule has 1 fully saturated rings. The minimum atomic E-state index is -1.10. The van der Waals surface area contributed by atoms with Crippen molar-refractivity contribution >= 4 is 11.6 Å². The van der Waals surface area contributed by atoms with Crippen molar-refractivity contribution in [2.45, 2.75) is 25.8 Å². The number of nitrogens with one attached hydrogen (secondary N) is 1. The maximum atomic E-state index is 11.1. The van der Waals surface area contributed by atoms with E-state index in [1.54, 1.807) is 37.8 Å². The minimum Gasteiger partial charge on any atom is -0.491 e. The molecule has 0 radical (unpaired) electrons. The fourth-order valence-corrected chi connectivity index (χ4v) is 5.09. The van der Waals surface area contributed by atoms with Gasteiger partial charge in [0, 0.05) is 29.8 Å². The summed E-state index contributed by atoms with van der Waals surface area (Å²) >= 11 is 0. The van der Waals surface area contributed by atoms with Crippen LogP contribution in [0.25, 0.3) is 27.9 Å². The van der Waals surface area contributed by atoms with Gasteiger partial charge in [0.15, 0.2) is 0 Å². The topological polar surface area (TPSA) is 116 Å². The summed E-state index contributed by atoms with van der Waals surface area (Å²) in [6.07, 6.45) is 6.54. The largest absolute Gasteiger partial charge is 0.491 e. The van der Waals surface area contributed by atoms with Gasteiger partial charge in [-0.05, 0) is 69.3 Å². The summed E-state index contributed by atoms with van der Waals surface area (Å²) in [6, 6.07) is 15.0. The Morgan fingerprint density at radius 2 is 2.03 bits per heavy atom. The average Bonchev–Trinajstić information content (AvgIpc) is 3.41. The third-order valence-corrected chi connectivity index (χ3v) is 7.03. The van der Waals surface area contributed by atoms with E-state index in [9.17, 15) is 10.1 Å². The highest BCUT2D eigenvalue weighted by Gasteiger charge is 2.21. The lowest BCUT2D eigenvalue weighted by atomic mass is 9.97. The second-order valence-electron chi connectivity index (χ2n) is 9.83. The molecule has 1 aliphatic heterocycles. The van der Waals surface area contributed by atoms with Crippen LogP contribution in [0, 0.1) is 17.2 Å². The van der Waals surface area contributed by atoms with Gasteiger partial charge in [0.2, 0.25) is 0 Å². The average molecular weight is 511 g/mol. The summed E-state index contributed by atoms with van der Waals surface area (Å²) in [4.78, 5) is 22.4. The molecule has 1 aliphatic rings. The van der Waals surface area contributed by atoms with E-state index in [-0.39, 0.29) is 0 Å². The van der Waals surface area contributed by atoms with Gasteiger partial charge in [-0.2, -0.15) is 5.26 Å². The zero-order valence-electron chi connectivity index (χ0n) is 21.5. The Kier molecular flexibility index (Phi) is 7.24. The summed E-state index contributed by atoms with van der Waals surface area (Å²) in [7, 11) is 2.15. The molecule has 3 aromatic heterocycles. The van der Waals surface area contributed by atoms with Gasteiger partial charge in [-0.15, -0.1) is 0 Å². The number of ether oxygens (including phenoxy) is 1. The predicted molar refractivity (Wildman–Crippen MR) is 144 cm³/mol. The van der Waals surface area contributed by atoms with Gasteiger partial charge in [0.1, 0.15) is 11.3 Å². The Morgan fingerprint density at radius 3 is 2.71 bits per heavy atom. The first kappa shape index (κ1) is 25.2. The van der Waals surface area contributed by atoms with Crippen LogP contribution in [-0.2, 0) is 0 Å². The van der Waals surface area contributed by atoms with Crippen molar-refractivity contribution in [2.75, 3.05) is 26.7 Å². The fourth-order valence-electron chi connectivity index (χ4n) is 5.09. The van der Waals surface area contributed by atoms with Crippen molar-refractivity contribution in [2.24, 2.45) is 5.92 Å². The number of nitrogens with zero attached hydrogens (tertiary/aromatic N) is 5. The van der Waals surface area contributed by atoms with Crippen molar-refractivity contribution in [1.82, 2.24) is 24.6 Å². The smallest absolute Gasteiger partial charge is 0.405 e. The lowest BCUT2D eigenvalue weighted by molar-refractivity contribution is 0.151. The van der Waals surface area contributed by atoms with Crippen molar-refractivity contribution in [3.8, 4) is 34.2 Å². The number of hydrogen-bond donors (Lipinski definition) is 2. The van der Waals surface area contributed by atoms with Gasteiger partial charge in [-0.1, -0.05) is 12.1 Å². The number of hydrogen-bond acceptors (Lipinski definition) is 6. The second kappa shape index (κ2) is 10.9. The lowest BCUT2D eigenvalue weighted by Crippen LogP contribution is -2.34. The molecule has 2 atom stereocenters. The van der Waals surface area contributed by atoms with Crippen LogP contribution in [0.4, 0.5) is 4.79 Å². The monoisotopic (exact) mass is 510 g/mol. The highest BCUT2D eigenvalue weighted by molar-refractivity contribution is 5.86. The number of carboxylic acid groups (broad SMARTS) is 1. The second-order valence-corrected chi connectivity index (χ2v) is 9.83. The van der Waals surface area contributed by atoms with E-state index in [0.29, 0.717) is 23.8 Å². The Labute approximate surface area is 221 Å². The highest BCUT2D eigenvalue weighted by atomic mass is 16.5. The third kappa shape index (κ3) is 5.31. The highest BCUT2D eigenvalue weighted by Crippen LogP contribution is 2.38. The first-order valence-corrected chi connectivity index (χ1v) is 12.7. The molecule has 1 saturated heterocycles. The maximum absolute atomic E-state index is 11.1. The molecule has 4 aromatic rings. The van der Waals surface area contributed by atoms with Gasteiger partial charge in [-0.3, -0.25) is 9.38 Å². The molecule has 2 N–H and O–H groups in total. The summed E-state index contributed by atoms with van der Waals surface area (Å²) in [5.74, 6) is 1.22. The van der Waals surface area contributed by atoms with Gasteiger partial charge >= 0.3 is 6.09 Å². The van der Waals surface area contributed by atoms with E-state index in [1.165, 1.54) is 6.42 Å². The van der Waals surface area contributed by atoms with Crippen LogP contribution < -0.4 is 10.1 Å². The summed E-state index contributed by atoms with van der Waals surface area (Å²) in [5.41, 5.74) is 5.64. The predicted octanol–water partition coefficient (Wildman–Crippen LogP) is 4.98. The molecule has 1 amide bonds. The summed E-state index contributed by atoms with van der Waals surface area (Å²) < 4.78 is 8.44. The van der Waals surface area contributed by atoms with Crippen LogP contribution in [0.15, 0.2) is 61.2 Å². The summed E-state index contributed by atoms with van der Waals surface area (Å²) in [6.45, 7) is 4.52. The molecule has 38 heavy (non-hydrogen) atoms. The quantitative estimate of drug-likeness (QED) is 0.360. The van der Waals surface area contributed by atoms with Crippen molar-refractivity contribution in [3.05, 3.63) is 72.4 Å². The SMILES string of the molecule is CC(NC(=O)O)c1ccc(-c2c(-c3ccc(C#N)cc3)cc(OC[C@@H]3CCCN(C)C3)c3cncn23)cn1. The molecule has 0 aliphatic carbocycles. The number of rotatable bonds is 7. The number of benzene rings is 1. The lowest BCUT2D eigenvalue weighted by Gasteiger charge is -2.29. The molecule has 0 bridgehead atoms. The minimum absolute atomic E-state index is 0.442. The number of carbonyl (C=O) groups is 1. The molecular formula is C29H30N6O3. The molecule has 1 unspecified atom stereocenters. The van der Waals surface area contributed by atoms with Crippen molar-refractivity contribution in [1.29, 1.82) is 5.26 Å². The van der Waals surface area contributed by atoms with E-state index in [2.05, 4.69) is 33.3 Å². The first-order valence-electron chi connectivity index (χ1n) is 12.7. The van der Waals surface area contributed by atoms with Gasteiger partial charge < -0.3 is 20.1 Å². The molecular weight excluding hydrogens is 480 g/mol. The van der Waals surface area contributed by atoms with Crippen molar-refractivity contribution < 1.29 is 14.6 Å². The van der Waals surface area contributed by atoms with E-state index >= 15 is 0 Å². The standard InChI is InChI=1S/C29H30N6O3/c1-19(33-29(36)37)25-10-9-23(14-32-25)28-24(22-7-5-20(13-30)6-8-22)12-27(26-15-31-18-35(26)28)38-17-21-4-3-11-34(2)16-21/h5-10,12,14-15,18-19,21,33H,3-4,11,16-17H2,1-2H3,(H,36,37)/t19?,21-/m1/s1. The van der Waals surface area contributed by atoms with Crippen LogP contribution in [0.2, 0.25) is 0 Å². The number of aromatic nitrogens is 3. The number of imidazole rings is 1. The molecule has 194 valence electrons. The van der Waals surface area contributed by atoms with Crippen LogP contribution in [0.1, 0.15) is 37.1 Å². The Bertz CT molecular complexity index is 1470. The van der Waals surface area contributed by atoms with Crippen molar-refractivity contribution in [3.63, 3.8) is 0 Å². The molecule has 9 heteroatoms. The Balaban J connectivity index is 1.57. The molecule has 1 aromatic carbocycles. The molecule has 0 saturated carbocycles. The third-order valence-electron chi connectivity index (χ3n) is 7.03. The number of likely N-dealkylation sites (tertiary alicyclic amines) is 1. The molecule has 0 spiro atoms. The summed E-state index contributed by atoms with van der Waals surface area (Å²) in [5, 5.41) is 20.8. The fraction of sp³-hybridized carbons (Fsp3) is 0.310.